The molecule has 2 aliphatic rings. The number of para-hydroxylation sites is 1. The number of fused-ring (bicyclic) bond motifs is 2. The van der Waals surface area contributed by atoms with Crippen molar-refractivity contribution in [2.75, 3.05) is 5.01 Å². The first-order chi connectivity index (χ1) is 10.3. The molecule has 1 saturated heterocycles. The topological polar surface area (TPSA) is 44.4 Å². The van der Waals surface area contributed by atoms with E-state index in [0.717, 1.165) is 24.9 Å². The van der Waals surface area contributed by atoms with Crippen molar-refractivity contribution < 1.29 is 4.79 Å². The van der Waals surface area contributed by atoms with Gasteiger partial charge in [-0.2, -0.15) is 5.43 Å². The molecule has 1 spiro atoms. The number of hydrazine groups is 1. The summed E-state index contributed by atoms with van der Waals surface area (Å²) in [5, 5.41) is 4.76. The molecule has 1 fully saturated rings. The molecular weight excluding hydrogens is 262 g/mol. The fourth-order valence-electron chi connectivity index (χ4n) is 3.35. The van der Waals surface area contributed by atoms with Crippen LogP contribution in [0.1, 0.15) is 24.0 Å². The number of anilines is 1. The van der Waals surface area contributed by atoms with E-state index in [9.17, 15) is 4.79 Å². The number of benzene rings is 2. The van der Waals surface area contributed by atoms with E-state index >= 15 is 0 Å². The smallest absolute Gasteiger partial charge is 0.313 e. The van der Waals surface area contributed by atoms with Crippen LogP contribution < -0.4 is 15.8 Å². The van der Waals surface area contributed by atoms with E-state index < -0.39 is 5.66 Å². The van der Waals surface area contributed by atoms with Gasteiger partial charge in [-0.3, -0.25) is 0 Å². The minimum Gasteiger partial charge on any atom is -0.313 e. The Balaban J connectivity index is 1.74. The molecule has 2 N–H and O–H groups in total. The summed E-state index contributed by atoms with van der Waals surface area (Å²) >= 11 is 0. The number of urea groups is 1. The molecule has 2 amide bonds. The van der Waals surface area contributed by atoms with Crippen LogP contribution in [0.15, 0.2) is 54.6 Å². The van der Waals surface area contributed by atoms with Gasteiger partial charge in [0.05, 0.1) is 5.69 Å². The number of nitrogens with zero attached hydrogens (tertiary/aromatic N) is 1. The van der Waals surface area contributed by atoms with Crippen LogP contribution in [-0.2, 0) is 12.1 Å². The van der Waals surface area contributed by atoms with Crippen molar-refractivity contribution in [3.63, 3.8) is 0 Å². The van der Waals surface area contributed by atoms with Crippen LogP contribution >= 0.6 is 0 Å². The highest BCUT2D eigenvalue weighted by molar-refractivity contribution is 5.94. The highest BCUT2D eigenvalue weighted by Gasteiger charge is 2.46. The van der Waals surface area contributed by atoms with Crippen LogP contribution in [-0.4, -0.2) is 6.03 Å². The van der Waals surface area contributed by atoms with Gasteiger partial charge in [0.2, 0.25) is 0 Å². The monoisotopic (exact) mass is 279 g/mol. The van der Waals surface area contributed by atoms with Crippen molar-refractivity contribution in [2.24, 2.45) is 0 Å². The SMILES string of the molecule is O=C1N[C@]2(CCCc3ccccc32)NN1c1ccccc1. The third-order valence-electron chi connectivity index (χ3n) is 4.32. The molecule has 4 rings (SSSR count). The minimum atomic E-state index is -0.470. The molecule has 0 saturated carbocycles. The van der Waals surface area contributed by atoms with Gasteiger partial charge in [-0.05, 0) is 42.5 Å². The van der Waals surface area contributed by atoms with Gasteiger partial charge in [-0.15, -0.1) is 0 Å². The van der Waals surface area contributed by atoms with Gasteiger partial charge in [0.1, 0.15) is 5.66 Å². The molecule has 4 heteroatoms. The molecule has 1 atom stereocenters. The van der Waals surface area contributed by atoms with E-state index in [1.165, 1.54) is 11.1 Å². The maximum atomic E-state index is 12.4. The molecule has 0 aromatic heterocycles. The largest absolute Gasteiger partial charge is 0.338 e. The van der Waals surface area contributed by atoms with Gasteiger partial charge in [0, 0.05) is 0 Å². The lowest BCUT2D eigenvalue weighted by molar-refractivity contribution is 0.241. The zero-order valence-electron chi connectivity index (χ0n) is 11.7. The predicted octanol–water partition coefficient (Wildman–Crippen LogP) is 2.91. The lowest BCUT2D eigenvalue weighted by atomic mass is 9.83. The molecule has 1 aliphatic heterocycles. The molecule has 2 aromatic rings. The van der Waals surface area contributed by atoms with Crippen molar-refractivity contribution in [3.05, 3.63) is 65.7 Å². The lowest BCUT2D eigenvalue weighted by Gasteiger charge is -2.35. The van der Waals surface area contributed by atoms with E-state index in [4.69, 9.17) is 0 Å². The first-order valence-electron chi connectivity index (χ1n) is 7.32. The second kappa shape index (κ2) is 4.60. The average molecular weight is 279 g/mol. The molecule has 2 aromatic carbocycles. The van der Waals surface area contributed by atoms with Crippen LogP contribution in [0.4, 0.5) is 10.5 Å². The molecular formula is C17H17N3O. The summed E-state index contributed by atoms with van der Waals surface area (Å²) in [6.45, 7) is 0. The Hall–Kier alpha value is -2.33. The molecule has 0 bridgehead atoms. The molecule has 0 radical (unpaired) electrons. The number of nitrogens with one attached hydrogen (secondary N) is 2. The zero-order chi connectivity index (χ0) is 14.3. The normalized spacial score (nSPS) is 24.0. The van der Waals surface area contributed by atoms with Gasteiger partial charge in [-0.25, -0.2) is 9.80 Å². The molecule has 0 unspecified atom stereocenters. The fourth-order valence-corrected chi connectivity index (χ4v) is 3.35. The molecule has 21 heavy (non-hydrogen) atoms. The van der Waals surface area contributed by atoms with Gasteiger partial charge in [-0.1, -0.05) is 42.5 Å². The first-order valence-corrected chi connectivity index (χ1v) is 7.32. The summed E-state index contributed by atoms with van der Waals surface area (Å²) < 4.78 is 0. The standard InChI is InChI=1S/C17H17N3O/c21-16-18-17(19-20(16)14-9-2-1-3-10-14)12-6-8-13-7-4-5-11-15(13)17/h1-5,7,9-11,19H,6,8,12H2,(H,18,21)/t17-/m1/s1. The minimum absolute atomic E-state index is 0.0992. The van der Waals surface area contributed by atoms with Gasteiger partial charge < -0.3 is 5.32 Å². The molecule has 106 valence electrons. The van der Waals surface area contributed by atoms with Crippen molar-refractivity contribution in [1.82, 2.24) is 10.7 Å². The van der Waals surface area contributed by atoms with Gasteiger partial charge in [0.25, 0.3) is 0 Å². The van der Waals surface area contributed by atoms with Crippen LogP contribution in [0.3, 0.4) is 0 Å². The van der Waals surface area contributed by atoms with E-state index in [1.807, 2.05) is 36.4 Å². The Bertz CT molecular complexity index is 685. The number of carbonyl (C=O) groups is 1. The fraction of sp³-hybridized carbons (Fsp3) is 0.235. The van der Waals surface area contributed by atoms with Crippen molar-refractivity contribution in [2.45, 2.75) is 24.9 Å². The zero-order valence-corrected chi connectivity index (χ0v) is 11.7. The number of hydrogen-bond acceptors (Lipinski definition) is 2. The van der Waals surface area contributed by atoms with E-state index in [-0.39, 0.29) is 6.03 Å². The number of rotatable bonds is 1. The third-order valence-corrected chi connectivity index (χ3v) is 4.32. The summed E-state index contributed by atoms with van der Waals surface area (Å²) in [5.74, 6) is 0. The summed E-state index contributed by atoms with van der Waals surface area (Å²) in [7, 11) is 0. The van der Waals surface area contributed by atoms with Gasteiger partial charge >= 0.3 is 6.03 Å². The highest BCUT2D eigenvalue weighted by atomic mass is 16.2. The summed E-state index contributed by atoms with van der Waals surface area (Å²) in [4.78, 5) is 12.4. The van der Waals surface area contributed by atoms with Crippen LogP contribution in [0.2, 0.25) is 0 Å². The Kier molecular flexibility index (Phi) is 2.72. The van der Waals surface area contributed by atoms with Crippen molar-refractivity contribution >= 4 is 11.7 Å². The maximum Gasteiger partial charge on any atom is 0.338 e. The summed E-state index contributed by atoms with van der Waals surface area (Å²) in [6.07, 6.45) is 3.03. The third kappa shape index (κ3) is 1.91. The number of aryl methyl sites for hydroxylation is 1. The second-order valence-corrected chi connectivity index (χ2v) is 5.63. The number of amides is 2. The van der Waals surface area contributed by atoms with Crippen molar-refractivity contribution in [3.8, 4) is 0 Å². The Morgan fingerprint density at radius 3 is 2.62 bits per heavy atom. The van der Waals surface area contributed by atoms with E-state index in [0.29, 0.717) is 0 Å². The Morgan fingerprint density at radius 1 is 1.00 bits per heavy atom. The van der Waals surface area contributed by atoms with Crippen LogP contribution in [0.25, 0.3) is 0 Å². The highest BCUT2D eigenvalue weighted by Crippen LogP contribution is 2.36. The van der Waals surface area contributed by atoms with E-state index in [2.05, 4.69) is 28.9 Å². The lowest BCUT2D eigenvalue weighted by Crippen LogP contribution is -2.50. The number of hydrogen-bond donors (Lipinski definition) is 2. The first kappa shape index (κ1) is 12.4. The Morgan fingerprint density at radius 2 is 1.76 bits per heavy atom. The average Bonchev–Trinajstić information content (AvgIpc) is 2.86. The van der Waals surface area contributed by atoms with E-state index in [1.54, 1.807) is 5.01 Å². The predicted molar refractivity (Wildman–Crippen MR) is 81.6 cm³/mol. The number of carbonyl (C=O) groups excluding carboxylic acids is 1. The van der Waals surface area contributed by atoms with Crippen LogP contribution in [0, 0.1) is 0 Å². The second-order valence-electron chi connectivity index (χ2n) is 5.63. The Labute approximate surface area is 123 Å². The molecule has 1 heterocycles. The van der Waals surface area contributed by atoms with Crippen molar-refractivity contribution in [1.29, 1.82) is 0 Å². The molecule has 1 aliphatic carbocycles. The maximum absolute atomic E-state index is 12.4. The summed E-state index contributed by atoms with van der Waals surface area (Å²) in [5.41, 5.74) is 6.28. The van der Waals surface area contributed by atoms with Crippen LogP contribution in [0.5, 0.6) is 0 Å². The quantitative estimate of drug-likeness (QED) is 0.843. The molecule has 4 nitrogen and oxygen atoms in total. The van der Waals surface area contributed by atoms with Gasteiger partial charge in [0.15, 0.2) is 0 Å². The summed E-state index contributed by atoms with van der Waals surface area (Å²) in [6, 6.07) is 17.9.